The fourth-order valence-electron chi connectivity index (χ4n) is 1.78. The summed E-state index contributed by atoms with van der Waals surface area (Å²) in [7, 11) is 0. The van der Waals surface area contributed by atoms with E-state index in [1.807, 2.05) is 41.5 Å². The summed E-state index contributed by atoms with van der Waals surface area (Å²) in [4.78, 5) is 11.5. The van der Waals surface area contributed by atoms with E-state index >= 15 is 0 Å². The van der Waals surface area contributed by atoms with Gasteiger partial charge in [-0.25, -0.2) is 0 Å². The molecule has 0 fully saturated rings. The largest absolute Gasteiger partial charge is 0.392 e. The molecule has 0 saturated heterocycles. The van der Waals surface area contributed by atoms with Gasteiger partial charge in [-0.3, -0.25) is 4.79 Å². The van der Waals surface area contributed by atoms with E-state index < -0.39 is 6.10 Å². The lowest BCUT2D eigenvalue weighted by Gasteiger charge is -2.33. The lowest BCUT2D eigenvalue weighted by Crippen LogP contribution is -2.43. The molecule has 1 unspecified atom stereocenters. The van der Waals surface area contributed by atoms with Crippen molar-refractivity contribution in [3.05, 3.63) is 0 Å². The topological polar surface area (TPSA) is 49.3 Å². The highest BCUT2D eigenvalue weighted by atomic mass is 16.3. The third-order valence-corrected chi connectivity index (χ3v) is 2.77. The molecule has 3 nitrogen and oxygen atoms in total. The molecule has 0 spiro atoms. The molecular formula is C13H27NO2. The first-order chi connectivity index (χ1) is 7.16. The van der Waals surface area contributed by atoms with Crippen molar-refractivity contribution in [1.29, 1.82) is 0 Å². The third-order valence-electron chi connectivity index (χ3n) is 2.77. The van der Waals surface area contributed by atoms with Crippen LogP contribution in [-0.4, -0.2) is 23.7 Å². The number of aliphatic hydroxyl groups is 1. The predicted molar refractivity (Wildman–Crippen MR) is 67.1 cm³/mol. The molecule has 0 heterocycles. The van der Waals surface area contributed by atoms with Gasteiger partial charge in [0.25, 0.3) is 0 Å². The quantitative estimate of drug-likeness (QED) is 0.733. The Morgan fingerprint density at radius 1 is 1.25 bits per heavy atom. The zero-order chi connectivity index (χ0) is 12.9. The molecule has 1 amide bonds. The lowest BCUT2D eigenvalue weighted by atomic mass is 9.80. The Labute approximate surface area is 99.6 Å². The van der Waals surface area contributed by atoms with Crippen molar-refractivity contribution in [3.63, 3.8) is 0 Å². The van der Waals surface area contributed by atoms with Crippen molar-refractivity contribution in [2.75, 3.05) is 6.54 Å². The number of aliphatic hydroxyl groups excluding tert-OH is 1. The van der Waals surface area contributed by atoms with Crippen LogP contribution < -0.4 is 5.32 Å². The van der Waals surface area contributed by atoms with E-state index in [2.05, 4.69) is 5.32 Å². The van der Waals surface area contributed by atoms with Gasteiger partial charge in [-0.1, -0.05) is 41.5 Å². The van der Waals surface area contributed by atoms with Crippen LogP contribution in [0.25, 0.3) is 0 Å². The Morgan fingerprint density at radius 3 is 2.12 bits per heavy atom. The van der Waals surface area contributed by atoms with Crippen LogP contribution in [0.3, 0.4) is 0 Å². The Hall–Kier alpha value is -0.570. The molecule has 2 N–H and O–H groups in total. The number of carbonyl (C=O) groups is 1. The van der Waals surface area contributed by atoms with Crippen LogP contribution in [0, 0.1) is 17.3 Å². The average Bonchev–Trinajstić information content (AvgIpc) is 2.12. The maximum atomic E-state index is 11.5. The van der Waals surface area contributed by atoms with E-state index in [9.17, 15) is 9.90 Å². The lowest BCUT2D eigenvalue weighted by molar-refractivity contribution is -0.122. The SMILES string of the molecule is CC(C)CC(=O)NCC(C)(C)C(O)C(C)C. The van der Waals surface area contributed by atoms with Gasteiger partial charge in [0, 0.05) is 18.4 Å². The molecule has 0 radical (unpaired) electrons. The maximum Gasteiger partial charge on any atom is 0.220 e. The Balaban J connectivity index is 4.13. The van der Waals surface area contributed by atoms with Crippen LogP contribution in [-0.2, 0) is 4.79 Å². The summed E-state index contributed by atoms with van der Waals surface area (Å²) >= 11 is 0. The minimum atomic E-state index is -0.396. The van der Waals surface area contributed by atoms with Crippen LogP contribution >= 0.6 is 0 Å². The van der Waals surface area contributed by atoms with E-state index in [1.54, 1.807) is 0 Å². The zero-order valence-electron chi connectivity index (χ0n) is 11.5. The maximum absolute atomic E-state index is 11.5. The van der Waals surface area contributed by atoms with Gasteiger partial charge in [0.15, 0.2) is 0 Å². The minimum Gasteiger partial charge on any atom is -0.392 e. The van der Waals surface area contributed by atoms with Crippen molar-refractivity contribution in [3.8, 4) is 0 Å². The van der Waals surface area contributed by atoms with Gasteiger partial charge in [0.1, 0.15) is 0 Å². The van der Waals surface area contributed by atoms with Crippen molar-refractivity contribution >= 4 is 5.91 Å². The first kappa shape index (κ1) is 15.4. The van der Waals surface area contributed by atoms with E-state index in [0.717, 1.165) is 0 Å². The molecule has 0 aliphatic rings. The highest BCUT2D eigenvalue weighted by molar-refractivity contribution is 5.76. The molecule has 16 heavy (non-hydrogen) atoms. The molecule has 0 saturated carbocycles. The molecule has 96 valence electrons. The highest BCUT2D eigenvalue weighted by Gasteiger charge is 2.30. The second-order valence-corrected chi connectivity index (χ2v) is 6.05. The third kappa shape index (κ3) is 5.50. The van der Waals surface area contributed by atoms with Crippen LogP contribution in [0.1, 0.15) is 48.0 Å². The molecule has 3 heteroatoms. The van der Waals surface area contributed by atoms with E-state index in [-0.39, 0.29) is 17.2 Å². The molecular weight excluding hydrogens is 202 g/mol. The first-order valence-electron chi connectivity index (χ1n) is 6.11. The highest BCUT2D eigenvalue weighted by Crippen LogP contribution is 2.25. The fourth-order valence-corrected chi connectivity index (χ4v) is 1.78. The average molecular weight is 229 g/mol. The molecule has 0 aromatic rings. The summed E-state index contributed by atoms with van der Waals surface area (Å²) in [6.07, 6.45) is 0.153. The molecule has 0 bridgehead atoms. The molecule has 0 aromatic heterocycles. The second-order valence-electron chi connectivity index (χ2n) is 6.05. The van der Waals surface area contributed by atoms with Crippen molar-refractivity contribution in [2.45, 2.75) is 54.1 Å². The van der Waals surface area contributed by atoms with Gasteiger partial charge < -0.3 is 10.4 Å². The molecule has 0 rings (SSSR count). The summed E-state index contributed by atoms with van der Waals surface area (Å²) in [5.41, 5.74) is -0.277. The summed E-state index contributed by atoms with van der Waals surface area (Å²) in [6, 6.07) is 0. The summed E-state index contributed by atoms with van der Waals surface area (Å²) in [6.45, 7) is 12.5. The summed E-state index contributed by atoms with van der Waals surface area (Å²) < 4.78 is 0. The smallest absolute Gasteiger partial charge is 0.220 e. The number of carbonyl (C=O) groups excluding carboxylic acids is 1. The number of amides is 1. The van der Waals surface area contributed by atoms with Gasteiger partial charge in [0.2, 0.25) is 5.91 Å². The monoisotopic (exact) mass is 229 g/mol. The normalized spacial score (nSPS) is 14.3. The fraction of sp³-hybridized carbons (Fsp3) is 0.923. The van der Waals surface area contributed by atoms with E-state index in [1.165, 1.54) is 0 Å². The second kappa shape index (κ2) is 6.24. The molecule has 0 aromatic carbocycles. The van der Waals surface area contributed by atoms with Crippen molar-refractivity contribution in [1.82, 2.24) is 5.32 Å². The molecule has 0 aliphatic carbocycles. The van der Waals surface area contributed by atoms with Gasteiger partial charge in [-0.15, -0.1) is 0 Å². The van der Waals surface area contributed by atoms with Crippen LogP contribution in [0.4, 0.5) is 0 Å². The summed E-state index contributed by atoms with van der Waals surface area (Å²) in [5.74, 6) is 0.647. The zero-order valence-corrected chi connectivity index (χ0v) is 11.5. The Morgan fingerprint density at radius 2 is 1.75 bits per heavy atom. The number of rotatable bonds is 6. The van der Waals surface area contributed by atoms with Gasteiger partial charge in [0.05, 0.1) is 6.10 Å². The van der Waals surface area contributed by atoms with Crippen LogP contribution in [0.5, 0.6) is 0 Å². The molecule has 0 aliphatic heterocycles. The Bertz CT molecular complexity index is 222. The van der Waals surface area contributed by atoms with E-state index in [0.29, 0.717) is 18.9 Å². The van der Waals surface area contributed by atoms with Gasteiger partial charge in [-0.05, 0) is 11.8 Å². The number of nitrogens with one attached hydrogen (secondary N) is 1. The van der Waals surface area contributed by atoms with Crippen molar-refractivity contribution in [2.24, 2.45) is 17.3 Å². The van der Waals surface area contributed by atoms with E-state index in [4.69, 9.17) is 0 Å². The van der Waals surface area contributed by atoms with Gasteiger partial charge in [-0.2, -0.15) is 0 Å². The van der Waals surface area contributed by atoms with Crippen LogP contribution in [0.2, 0.25) is 0 Å². The Kier molecular flexibility index (Phi) is 6.01. The number of hydrogen-bond donors (Lipinski definition) is 2. The van der Waals surface area contributed by atoms with Gasteiger partial charge >= 0.3 is 0 Å². The first-order valence-corrected chi connectivity index (χ1v) is 6.11. The van der Waals surface area contributed by atoms with Crippen LogP contribution in [0.15, 0.2) is 0 Å². The minimum absolute atomic E-state index is 0.0685. The predicted octanol–water partition coefficient (Wildman–Crippen LogP) is 2.19. The molecule has 1 atom stereocenters. The standard InChI is InChI=1S/C13H27NO2/c1-9(2)7-11(15)14-8-13(5,6)12(16)10(3)4/h9-10,12,16H,7-8H2,1-6H3,(H,14,15). The summed E-state index contributed by atoms with van der Waals surface area (Å²) in [5, 5.41) is 12.9. The van der Waals surface area contributed by atoms with Crippen molar-refractivity contribution < 1.29 is 9.90 Å². The number of hydrogen-bond acceptors (Lipinski definition) is 2.